The summed E-state index contributed by atoms with van der Waals surface area (Å²) >= 11 is 0. The van der Waals surface area contributed by atoms with Crippen molar-refractivity contribution in [2.75, 3.05) is 23.3 Å². The van der Waals surface area contributed by atoms with E-state index in [0.29, 0.717) is 18.3 Å². The molecule has 0 bridgehead atoms. The number of hydrogen-bond donors (Lipinski definition) is 1. The van der Waals surface area contributed by atoms with Crippen molar-refractivity contribution in [3.63, 3.8) is 0 Å². The first-order valence-electron chi connectivity index (χ1n) is 11.7. The first kappa shape index (κ1) is 22.0. The van der Waals surface area contributed by atoms with Crippen molar-refractivity contribution in [1.82, 2.24) is 19.7 Å². The van der Waals surface area contributed by atoms with Crippen LogP contribution >= 0.6 is 0 Å². The number of benzene rings is 1. The van der Waals surface area contributed by atoms with E-state index in [-0.39, 0.29) is 11.8 Å². The molecule has 0 amide bonds. The SMILES string of the molecule is CCN(CC)c1ccc(CNc2nc(-c3cccnc3)nn2C(=O)C2CCCCC2)cc1. The maximum Gasteiger partial charge on any atom is 0.253 e. The van der Waals surface area contributed by atoms with Gasteiger partial charge in [0.15, 0.2) is 5.82 Å². The summed E-state index contributed by atoms with van der Waals surface area (Å²) in [5, 5.41) is 7.93. The number of aromatic nitrogens is 4. The van der Waals surface area contributed by atoms with Crippen LogP contribution in [0.2, 0.25) is 0 Å². The van der Waals surface area contributed by atoms with Crippen molar-refractivity contribution >= 4 is 17.5 Å². The van der Waals surface area contributed by atoms with Crippen LogP contribution < -0.4 is 10.2 Å². The maximum atomic E-state index is 13.3. The fraction of sp³-hybridized carbons (Fsp3) is 0.440. The van der Waals surface area contributed by atoms with Gasteiger partial charge in [-0.15, -0.1) is 5.10 Å². The lowest BCUT2D eigenvalue weighted by Crippen LogP contribution is -2.26. The number of carbonyl (C=O) groups is 1. The minimum Gasteiger partial charge on any atom is -0.372 e. The van der Waals surface area contributed by atoms with E-state index in [1.807, 2.05) is 12.1 Å². The number of hydrogen-bond acceptors (Lipinski definition) is 6. The molecule has 4 rings (SSSR count). The summed E-state index contributed by atoms with van der Waals surface area (Å²) in [5.74, 6) is 1.06. The molecule has 0 aliphatic heterocycles. The van der Waals surface area contributed by atoms with E-state index in [0.717, 1.165) is 49.9 Å². The number of pyridine rings is 1. The molecule has 1 N–H and O–H groups in total. The lowest BCUT2D eigenvalue weighted by Gasteiger charge is -2.21. The summed E-state index contributed by atoms with van der Waals surface area (Å²) < 4.78 is 1.47. The van der Waals surface area contributed by atoms with Gasteiger partial charge in [0.2, 0.25) is 5.95 Å². The highest BCUT2D eigenvalue weighted by Gasteiger charge is 2.26. The third-order valence-electron chi connectivity index (χ3n) is 6.21. The summed E-state index contributed by atoms with van der Waals surface area (Å²) in [5.41, 5.74) is 3.14. The van der Waals surface area contributed by atoms with Crippen LogP contribution in [-0.4, -0.2) is 38.7 Å². The fourth-order valence-corrected chi connectivity index (χ4v) is 4.31. The van der Waals surface area contributed by atoms with Crippen molar-refractivity contribution < 1.29 is 4.79 Å². The molecule has 2 aromatic heterocycles. The Morgan fingerprint density at radius 3 is 2.50 bits per heavy atom. The van der Waals surface area contributed by atoms with Gasteiger partial charge >= 0.3 is 0 Å². The Balaban J connectivity index is 1.55. The maximum absolute atomic E-state index is 13.3. The molecule has 0 spiro atoms. The smallest absolute Gasteiger partial charge is 0.253 e. The Labute approximate surface area is 189 Å². The first-order valence-corrected chi connectivity index (χ1v) is 11.7. The van der Waals surface area contributed by atoms with Gasteiger partial charge in [-0.2, -0.15) is 9.67 Å². The van der Waals surface area contributed by atoms with Gasteiger partial charge in [-0.25, -0.2) is 0 Å². The van der Waals surface area contributed by atoms with E-state index in [2.05, 4.69) is 63.4 Å². The molecule has 0 radical (unpaired) electrons. The van der Waals surface area contributed by atoms with Crippen LogP contribution in [0.4, 0.5) is 11.6 Å². The van der Waals surface area contributed by atoms with Crippen LogP contribution in [0.25, 0.3) is 11.4 Å². The molecule has 7 nitrogen and oxygen atoms in total. The molecule has 1 fully saturated rings. The molecule has 1 saturated carbocycles. The number of nitrogens with zero attached hydrogens (tertiary/aromatic N) is 5. The van der Waals surface area contributed by atoms with Crippen molar-refractivity contribution in [3.8, 4) is 11.4 Å². The van der Waals surface area contributed by atoms with Crippen LogP contribution in [-0.2, 0) is 6.54 Å². The van der Waals surface area contributed by atoms with Crippen LogP contribution in [0.3, 0.4) is 0 Å². The Morgan fingerprint density at radius 1 is 1.09 bits per heavy atom. The summed E-state index contributed by atoms with van der Waals surface area (Å²) in [6.07, 6.45) is 8.69. The number of carbonyl (C=O) groups excluding carboxylic acids is 1. The quantitative estimate of drug-likeness (QED) is 0.539. The van der Waals surface area contributed by atoms with Crippen LogP contribution in [0.1, 0.15) is 56.3 Å². The number of anilines is 2. The Morgan fingerprint density at radius 2 is 1.84 bits per heavy atom. The van der Waals surface area contributed by atoms with Gasteiger partial charge in [0.1, 0.15) is 0 Å². The fourth-order valence-electron chi connectivity index (χ4n) is 4.31. The molecule has 168 valence electrons. The second-order valence-corrected chi connectivity index (χ2v) is 8.28. The minimum absolute atomic E-state index is 0.0149. The highest BCUT2D eigenvalue weighted by Crippen LogP contribution is 2.27. The van der Waals surface area contributed by atoms with Gasteiger partial charge in [0, 0.05) is 49.2 Å². The average molecular weight is 433 g/mol. The van der Waals surface area contributed by atoms with Crippen LogP contribution in [0.15, 0.2) is 48.8 Å². The normalized spacial score (nSPS) is 14.3. The van der Waals surface area contributed by atoms with Crippen molar-refractivity contribution in [1.29, 1.82) is 0 Å². The lowest BCUT2D eigenvalue weighted by molar-refractivity contribution is 0.0787. The van der Waals surface area contributed by atoms with E-state index in [4.69, 9.17) is 0 Å². The second kappa shape index (κ2) is 10.4. The summed E-state index contributed by atoms with van der Waals surface area (Å²) in [4.78, 5) is 24.4. The largest absolute Gasteiger partial charge is 0.372 e. The molecule has 7 heteroatoms. The number of nitrogens with one attached hydrogen (secondary N) is 1. The molecule has 0 saturated heterocycles. The molecule has 1 aliphatic rings. The van der Waals surface area contributed by atoms with Gasteiger partial charge < -0.3 is 10.2 Å². The molecular formula is C25H32N6O. The molecule has 1 aliphatic carbocycles. The van der Waals surface area contributed by atoms with Crippen molar-refractivity contribution in [3.05, 3.63) is 54.4 Å². The van der Waals surface area contributed by atoms with Crippen LogP contribution in [0.5, 0.6) is 0 Å². The first-order chi connectivity index (χ1) is 15.7. The van der Waals surface area contributed by atoms with Gasteiger partial charge in [-0.3, -0.25) is 9.78 Å². The average Bonchev–Trinajstić information content (AvgIpc) is 3.29. The van der Waals surface area contributed by atoms with E-state index in [1.54, 1.807) is 12.4 Å². The summed E-state index contributed by atoms with van der Waals surface area (Å²) in [6, 6.07) is 12.3. The second-order valence-electron chi connectivity index (χ2n) is 8.28. The molecule has 32 heavy (non-hydrogen) atoms. The molecule has 2 heterocycles. The zero-order valence-corrected chi connectivity index (χ0v) is 19.0. The van der Waals surface area contributed by atoms with E-state index < -0.39 is 0 Å². The Kier molecular flexibility index (Phi) is 7.14. The van der Waals surface area contributed by atoms with E-state index >= 15 is 0 Å². The molecule has 0 atom stereocenters. The lowest BCUT2D eigenvalue weighted by atomic mass is 9.89. The zero-order chi connectivity index (χ0) is 22.3. The zero-order valence-electron chi connectivity index (χ0n) is 19.0. The highest BCUT2D eigenvalue weighted by atomic mass is 16.2. The summed E-state index contributed by atoms with van der Waals surface area (Å²) in [7, 11) is 0. The predicted molar refractivity (Wildman–Crippen MR) is 128 cm³/mol. The third-order valence-corrected chi connectivity index (χ3v) is 6.21. The molecular weight excluding hydrogens is 400 g/mol. The van der Waals surface area contributed by atoms with E-state index in [9.17, 15) is 4.79 Å². The van der Waals surface area contributed by atoms with Crippen LogP contribution in [0, 0.1) is 5.92 Å². The van der Waals surface area contributed by atoms with Gasteiger partial charge in [-0.05, 0) is 56.5 Å². The molecule has 0 unspecified atom stereocenters. The molecule has 1 aromatic carbocycles. The topological polar surface area (TPSA) is 75.9 Å². The van der Waals surface area contributed by atoms with Gasteiger partial charge in [0.25, 0.3) is 5.91 Å². The van der Waals surface area contributed by atoms with E-state index in [1.165, 1.54) is 16.8 Å². The highest BCUT2D eigenvalue weighted by molar-refractivity contribution is 5.83. The Hall–Kier alpha value is -3.22. The standard InChI is InChI=1S/C25H32N6O/c1-3-30(4-2)22-14-12-19(13-15-22)17-27-25-28-23(21-11-8-16-26-18-21)29-31(25)24(32)20-9-6-5-7-10-20/h8,11-16,18,20H,3-7,9-10,17H2,1-2H3,(H,27,28,29). The monoisotopic (exact) mass is 432 g/mol. The van der Waals surface area contributed by atoms with Gasteiger partial charge in [0.05, 0.1) is 0 Å². The van der Waals surface area contributed by atoms with Gasteiger partial charge in [-0.1, -0.05) is 31.4 Å². The van der Waals surface area contributed by atoms with Crippen molar-refractivity contribution in [2.24, 2.45) is 5.92 Å². The summed E-state index contributed by atoms with van der Waals surface area (Å²) in [6.45, 7) is 6.86. The third kappa shape index (κ3) is 4.98. The Bertz CT molecular complexity index is 1000. The van der Waals surface area contributed by atoms with Crippen molar-refractivity contribution in [2.45, 2.75) is 52.5 Å². The molecule has 3 aromatic rings. The predicted octanol–water partition coefficient (Wildman–Crippen LogP) is 5.02. The minimum atomic E-state index is 0.0149. The number of rotatable bonds is 8.